The van der Waals surface area contributed by atoms with Crippen LogP contribution in [0.4, 0.5) is 8.78 Å². The van der Waals surface area contributed by atoms with Crippen molar-refractivity contribution in [3.63, 3.8) is 0 Å². The second-order valence-electron chi connectivity index (χ2n) is 7.15. The summed E-state index contributed by atoms with van der Waals surface area (Å²) in [6, 6.07) is 0. The van der Waals surface area contributed by atoms with Crippen molar-refractivity contribution in [3.05, 3.63) is 11.6 Å². The van der Waals surface area contributed by atoms with Gasteiger partial charge >= 0.3 is 11.9 Å². The molecule has 144 valence electrons. The predicted octanol–water partition coefficient (Wildman–Crippen LogP) is 5.92. The standard InChI is InChI=1S/C20H32F2O3/c1-2-3-15-20(21,22)18(23)14-13-17-11-8-10-16(17)9-6-4-5-7-12-19(24)25/h13,16H,2-12,14-15H2,1H3,(H,24,25)/b17-13-/t16-/m0/s1. The molecule has 0 aliphatic heterocycles. The SMILES string of the molecule is CCCCC(F)(F)C(=O)C/C=C1/CCC[C@@H]1CCCCCCC(=O)O. The van der Waals surface area contributed by atoms with Gasteiger partial charge in [-0.2, -0.15) is 8.78 Å². The Morgan fingerprint density at radius 3 is 2.60 bits per heavy atom. The lowest BCUT2D eigenvalue weighted by Gasteiger charge is -2.15. The Bertz CT molecular complexity index is 458. The van der Waals surface area contributed by atoms with E-state index in [1.54, 1.807) is 6.08 Å². The van der Waals surface area contributed by atoms with E-state index in [9.17, 15) is 18.4 Å². The molecule has 0 heterocycles. The number of carboxylic acids is 1. The first kappa shape index (κ1) is 21.8. The summed E-state index contributed by atoms with van der Waals surface area (Å²) in [4.78, 5) is 22.2. The fourth-order valence-corrected chi connectivity index (χ4v) is 3.47. The number of carbonyl (C=O) groups excluding carboxylic acids is 1. The number of carbonyl (C=O) groups is 2. The molecule has 1 saturated carbocycles. The molecule has 0 bridgehead atoms. The van der Waals surface area contributed by atoms with Gasteiger partial charge in [0.2, 0.25) is 5.78 Å². The van der Waals surface area contributed by atoms with Gasteiger partial charge < -0.3 is 5.11 Å². The van der Waals surface area contributed by atoms with Gasteiger partial charge in [0.1, 0.15) is 0 Å². The van der Waals surface area contributed by atoms with Gasteiger partial charge in [-0.15, -0.1) is 0 Å². The van der Waals surface area contributed by atoms with Gasteiger partial charge in [0.25, 0.3) is 0 Å². The Morgan fingerprint density at radius 2 is 1.92 bits per heavy atom. The van der Waals surface area contributed by atoms with Crippen LogP contribution >= 0.6 is 0 Å². The summed E-state index contributed by atoms with van der Waals surface area (Å²) >= 11 is 0. The third kappa shape index (κ3) is 8.59. The van der Waals surface area contributed by atoms with E-state index in [-0.39, 0.29) is 19.3 Å². The monoisotopic (exact) mass is 358 g/mol. The van der Waals surface area contributed by atoms with Crippen LogP contribution in [0.3, 0.4) is 0 Å². The zero-order valence-corrected chi connectivity index (χ0v) is 15.4. The maximum absolute atomic E-state index is 13.7. The van der Waals surface area contributed by atoms with Crippen LogP contribution in [0.15, 0.2) is 11.6 Å². The van der Waals surface area contributed by atoms with E-state index in [2.05, 4.69) is 0 Å². The molecular weight excluding hydrogens is 326 g/mol. The molecule has 25 heavy (non-hydrogen) atoms. The number of carboxylic acid groups (broad SMARTS) is 1. The van der Waals surface area contributed by atoms with Gasteiger partial charge in [-0.05, 0) is 44.4 Å². The number of allylic oxidation sites excluding steroid dienone is 2. The van der Waals surface area contributed by atoms with Crippen molar-refractivity contribution in [2.75, 3.05) is 0 Å². The summed E-state index contributed by atoms with van der Waals surface area (Å²) in [5.74, 6) is -4.48. The van der Waals surface area contributed by atoms with E-state index in [4.69, 9.17) is 5.11 Å². The number of hydrogen-bond acceptors (Lipinski definition) is 2. The highest BCUT2D eigenvalue weighted by molar-refractivity contribution is 5.86. The smallest absolute Gasteiger partial charge is 0.305 e. The number of halogens is 2. The molecule has 1 aliphatic rings. The van der Waals surface area contributed by atoms with Crippen molar-refractivity contribution in [1.82, 2.24) is 0 Å². The number of ketones is 1. The molecule has 1 aliphatic carbocycles. The topological polar surface area (TPSA) is 54.4 Å². The quantitative estimate of drug-likeness (QED) is 0.328. The zero-order valence-electron chi connectivity index (χ0n) is 15.4. The number of Topliss-reactive ketones (excluding diaryl/α,β-unsaturated/α-hetero) is 1. The summed E-state index contributed by atoms with van der Waals surface area (Å²) in [6.45, 7) is 1.84. The first-order chi connectivity index (χ1) is 11.9. The molecule has 0 radical (unpaired) electrons. The van der Waals surface area contributed by atoms with E-state index in [0.717, 1.165) is 44.9 Å². The third-order valence-electron chi connectivity index (χ3n) is 5.04. The molecule has 0 unspecified atom stereocenters. The molecule has 5 heteroatoms. The lowest BCUT2D eigenvalue weighted by atomic mass is 9.93. The van der Waals surface area contributed by atoms with Gasteiger partial charge in [0, 0.05) is 19.3 Å². The fourth-order valence-electron chi connectivity index (χ4n) is 3.47. The van der Waals surface area contributed by atoms with Crippen molar-refractivity contribution in [1.29, 1.82) is 0 Å². The maximum atomic E-state index is 13.7. The number of hydrogen-bond donors (Lipinski definition) is 1. The Labute approximate surface area is 149 Å². The van der Waals surface area contributed by atoms with Crippen LogP contribution in [-0.4, -0.2) is 22.8 Å². The van der Waals surface area contributed by atoms with Gasteiger partial charge in [-0.25, -0.2) is 0 Å². The Hall–Kier alpha value is -1.26. The second-order valence-corrected chi connectivity index (χ2v) is 7.15. The molecule has 1 fully saturated rings. The van der Waals surface area contributed by atoms with Gasteiger partial charge in [-0.3, -0.25) is 9.59 Å². The molecule has 0 aromatic carbocycles. The summed E-state index contributed by atoms with van der Waals surface area (Å²) in [5.41, 5.74) is 1.17. The number of alkyl halides is 2. The lowest BCUT2D eigenvalue weighted by Crippen LogP contribution is -2.28. The van der Waals surface area contributed by atoms with Crippen molar-refractivity contribution in [3.8, 4) is 0 Å². The molecule has 1 N–H and O–H groups in total. The summed E-state index contributed by atoms with van der Waals surface area (Å²) in [5, 5.41) is 8.60. The Morgan fingerprint density at radius 1 is 1.20 bits per heavy atom. The maximum Gasteiger partial charge on any atom is 0.305 e. The highest BCUT2D eigenvalue weighted by Crippen LogP contribution is 2.35. The Balaban J connectivity index is 2.34. The van der Waals surface area contributed by atoms with Crippen LogP contribution in [0.25, 0.3) is 0 Å². The number of aliphatic carboxylic acids is 1. The first-order valence-corrected chi connectivity index (χ1v) is 9.68. The van der Waals surface area contributed by atoms with Gasteiger partial charge in [-0.1, -0.05) is 44.3 Å². The van der Waals surface area contributed by atoms with Crippen LogP contribution in [0.5, 0.6) is 0 Å². The third-order valence-corrected chi connectivity index (χ3v) is 5.04. The van der Waals surface area contributed by atoms with Gasteiger partial charge in [0.15, 0.2) is 0 Å². The highest BCUT2D eigenvalue weighted by Gasteiger charge is 2.36. The molecule has 0 aromatic heterocycles. The largest absolute Gasteiger partial charge is 0.481 e. The molecule has 0 aromatic rings. The van der Waals surface area contributed by atoms with Crippen LogP contribution < -0.4 is 0 Å². The molecule has 0 spiro atoms. The molecular formula is C20H32F2O3. The van der Waals surface area contributed by atoms with Crippen molar-refractivity contribution in [2.24, 2.45) is 5.92 Å². The van der Waals surface area contributed by atoms with Crippen molar-refractivity contribution >= 4 is 11.8 Å². The Kier molecular flexibility index (Phi) is 9.91. The average molecular weight is 358 g/mol. The second kappa shape index (κ2) is 11.4. The normalized spacial score (nSPS) is 19.5. The molecule has 0 amide bonds. The molecule has 0 saturated heterocycles. The first-order valence-electron chi connectivity index (χ1n) is 9.68. The lowest BCUT2D eigenvalue weighted by molar-refractivity contribution is -0.143. The van der Waals surface area contributed by atoms with E-state index in [1.165, 1.54) is 5.57 Å². The summed E-state index contributed by atoms with van der Waals surface area (Å²) in [6.07, 6.45) is 10.3. The summed E-state index contributed by atoms with van der Waals surface area (Å²) in [7, 11) is 0. The van der Waals surface area contributed by atoms with Crippen molar-refractivity contribution in [2.45, 2.75) is 96.3 Å². The predicted molar refractivity (Wildman–Crippen MR) is 94.9 cm³/mol. The highest BCUT2D eigenvalue weighted by atomic mass is 19.3. The zero-order chi connectivity index (χ0) is 18.7. The van der Waals surface area contributed by atoms with Crippen LogP contribution in [-0.2, 0) is 9.59 Å². The van der Waals surface area contributed by atoms with E-state index < -0.39 is 17.7 Å². The van der Waals surface area contributed by atoms with Crippen LogP contribution in [0.1, 0.15) is 90.4 Å². The molecule has 1 rings (SSSR count). The van der Waals surface area contributed by atoms with E-state index in [0.29, 0.717) is 25.2 Å². The minimum Gasteiger partial charge on any atom is -0.481 e. The van der Waals surface area contributed by atoms with Crippen LogP contribution in [0, 0.1) is 5.92 Å². The summed E-state index contributed by atoms with van der Waals surface area (Å²) < 4.78 is 27.5. The van der Waals surface area contributed by atoms with Crippen LogP contribution in [0.2, 0.25) is 0 Å². The number of rotatable bonds is 13. The van der Waals surface area contributed by atoms with E-state index in [1.807, 2.05) is 6.92 Å². The number of unbranched alkanes of at least 4 members (excludes halogenated alkanes) is 4. The van der Waals surface area contributed by atoms with E-state index >= 15 is 0 Å². The minimum absolute atomic E-state index is 0.152. The van der Waals surface area contributed by atoms with Gasteiger partial charge in [0.05, 0.1) is 0 Å². The molecule has 1 atom stereocenters. The average Bonchev–Trinajstić information content (AvgIpc) is 3.01. The van der Waals surface area contributed by atoms with Crippen molar-refractivity contribution < 1.29 is 23.5 Å². The fraction of sp³-hybridized carbons (Fsp3) is 0.800. The molecule has 3 nitrogen and oxygen atoms in total. The minimum atomic E-state index is -3.19.